The number of rotatable bonds is 2. The van der Waals surface area contributed by atoms with Crippen LogP contribution in [0.4, 0.5) is 5.69 Å². The van der Waals surface area contributed by atoms with Gasteiger partial charge in [-0.3, -0.25) is 4.79 Å². The highest BCUT2D eigenvalue weighted by Gasteiger charge is 2.11. The molecule has 2 rings (SSSR count). The molecule has 0 aliphatic heterocycles. The van der Waals surface area contributed by atoms with Crippen LogP contribution in [-0.4, -0.2) is 11.0 Å². The van der Waals surface area contributed by atoms with Gasteiger partial charge in [0.2, 0.25) is 0 Å². The van der Waals surface area contributed by atoms with Crippen molar-refractivity contribution in [3.63, 3.8) is 0 Å². The third-order valence-electron chi connectivity index (χ3n) is 3.19. The molecule has 4 heteroatoms. The number of halogens is 1. The minimum atomic E-state index is -0.179. The van der Waals surface area contributed by atoms with Gasteiger partial charge in [0, 0.05) is 15.7 Å². The molecule has 0 aliphatic rings. The lowest BCUT2D eigenvalue weighted by Crippen LogP contribution is -2.14. The Balaban J connectivity index is 2.30. The lowest BCUT2D eigenvalue weighted by Gasteiger charge is -2.13. The number of aromatic hydroxyl groups is 1. The Bertz CT molecular complexity index is 657. The third kappa shape index (κ3) is 3.02. The summed E-state index contributed by atoms with van der Waals surface area (Å²) in [4.78, 5) is 12.3. The van der Waals surface area contributed by atoms with Crippen molar-refractivity contribution in [1.82, 2.24) is 0 Å². The second-order valence-electron chi connectivity index (χ2n) is 4.87. The van der Waals surface area contributed by atoms with Crippen LogP contribution in [0.1, 0.15) is 27.0 Å². The van der Waals surface area contributed by atoms with Crippen molar-refractivity contribution in [3.05, 3.63) is 57.1 Å². The van der Waals surface area contributed by atoms with E-state index in [1.165, 1.54) is 6.07 Å². The minimum absolute atomic E-state index is 0.179. The van der Waals surface area contributed by atoms with Crippen LogP contribution < -0.4 is 5.32 Å². The first-order valence-corrected chi connectivity index (χ1v) is 7.05. The zero-order chi connectivity index (χ0) is 14.9. The highest BCUT2D eigenvalue weighted by atomic mass is 79.9. The summed E-state index contributed by atoms with van der Waals surface area (Å²) in [7, 11) is 0. The third-order valence-corrected chi connectivity index (χ3v) is 3.65. The van der Waals surface area contributed by atoms with E-state index in [1.54, 1.807) is 19.1 Å². The van der Waals surface area contributed by atoms with Crippen molar-refractivity contribution in [2.45, 2.75) is 20.8 Å². The summed E-state index contributed by atoms with van der Waals surface area (Å²) in [5, 5.41) is 12.4. The van der Waals surface area contributed by atoms with Gasteiger partial charge in [0.25, 0.3) is 5.91 Å². The van der Waals surface area contributed by atoms with Crippen LogP contribution in [0.15, 0.2) is 34.8 Å². The summed E-state index contributed by atoms with van der Waals surface area (Å²) >= 11 is 3.44. The standard InChI is InChI=1S/C16H16BrNO2/c1-9-6-12(4-5-14(9)19)16(20)18-15-10(2)7-13(17)8-11(15)3/h4-8,19H,1-3H3,(H,18,20). The highest BCUT2D eigenvalue weighted by Crippen LogP contribution is 2.26. The summed E-state index contributed by atoms with van der Waals surface area (Å²) in [6, 6.07) is 8.75. The van der Waals surface area contributed by atoms with Gasteiger partial charge < -0.3 is 10.4 Å². The van der Waals surface area contributed by atoms with Gasteiger partial charge in [-0.15, -0.1) is 0 Å². The van der Waals surface area contributed by atoms with Crippen molar-refractivity contribution in [2.24, 2.45) is 0 Å². The van der Waals surface area contributed by atoms with Crippen LogP contribution in [0.5, 0.6) is 5.75 Å². The zero-order valence-corrected chi connectivity index (χ0v) is 13.2. The second kappa shape index (κ2) is 5.67. The second-order valence-corrected chi connectivity index (χ2v) is 5.79. The molecule has 0 fully saturated rings. The Morgan fingerprint density at radius 1 is 1.05 bits per heavy atom. The Hall–Kier alpha value is -1.81. The van der Waals surface area contributed by atoms with Gasteiger partial charge in [0.1, 0.15) is 5.75 Å². The molecule has 2 N–H and O–H groups in total. The molecule has 0 radical (unpaired) electrons. The maximum absolute atomic E-state index is 12.3. The molecular formula is C16H16BrNO2. The van der Waals surface area contributed by atoms with Gasteiger partial charge in [0.15, 0.2) is 0 Å². The Morgan fingerprint density at radius 3 is 2.20 bits per heavy atom. The molecule has 0 aliphatic carbocycles. The molecule has 0 bridgehead atoms. The maximum Gasteiger partial charge on any atom is 0.255 e. The number of carbonyl (C=O) groups excluding carboxylic acids is 1. The van der Waals surface area contributed by atoms with E-state index < -0.39 is 0 Å². The molecule has 0 aromatic heterocycles. The molecule has 2 aromatic carbocycles. The Labute approximate surface area is 126 Å². The van der Waals surface area contributed by atoms with E-state index in [2.05, 4.69) is 21.2 Å². The molecule has 0 spiro atoms. The van der Waals surface area contributed by atoms with E-state index in [0.29, 0.717) is 11.1 Å². The van der Waals surface area contributed by atoms with Crippen molar-refractivity contribution in [3.8, 4) is 5.75 Å². The monoisotopic (exact) mass is 333 g/mol. The highest BCUT2D eigenvalue weighted by molar-refractivity contribution is 9.10. The fourth-order valence-electron chi connectivity index (χ4n) is 2.09. The average Bonchev–Trinajstić information content (AvgIpc) is 2.36. The van der Waals surface area contributed by atoms with Crippen molar-refractivity contribution in [2.75, 3.05) is 5.32 Å². The summed E-state index contributed by atoms with van der Waals surface area (Å²) in [6.07, 6.45) is 0. The van der Waals surface area contributed by atoms with Crippen LogP contribution in [0.2, 0.25) is 0 Å². The van der Waals surface area contributed by atoms with E-state index in [0.717, 1.165) is 21.3 Å². The number of carbonyl (C=O) groups is 1. The van der Waals surface area contributed by atoms with E-state index in [4.69, 9.17) is 0 Å². The number of nitrogens with one attached hydrogen (secondary N) is 1. The number of benzene rings is 2. The van der Waals surface area contributed by atoms with Crippen molar-refractivity contribution < 1.29 is 9.90 Å². The Morgan fingerprint density at radius 2 is 1.65 bits per heavy atom. The lowest BCUT2D eigenvalue weighted by molar-refractivity contribution is 0.102. The first-order valence-electron chi connectivity index (χ1n) is 6.26. The summed E-state index contributed by atoms with van der Waals surface area (Å²) < 4.78 is 0.992. The molecule has 104 valence electrons. The number of anilines is 1. The first kappa shape index (κ1) is 14.6. The predicted octanol–water partition coefficient (Wildman–Crippen LogP) is 4.33. The lowest BCUT2D eigenvalue weighted by atomic mass is 10.1. The molecule has 0 saturated heterocycles. The van der Waals surface area contributed by atoms with E-state index in [-0.39, 0.29) is 11.7 Å². The molecule has 0 heterocycles. The molecule has 0 saturated carbocycles. The average molecular weight is 334 g/mol. The van der Waals surface area contributed by atoms with Crippen LogP contribution in [0.25, 0.3) is 0 Å². The molecule has 2 aromatic rings. The normalized spacial score (nSPS) is 10.4. The topological polar surface area (TPSA) is 49.3 Å². The fraction of sp³-hybridized carbons (Fsp3) is 0.188. The predicted molar refractivity (Wildman–Crippen MR) is 84.4 cm³/mol. The van der Waals surface area contributed by atoms with Crippen molar-refractivity contribution in [1.29, 1.82) is 0 Å². The van der Waals surface area contributed by atoms with E-state index >= 15 is 0 Å². The fourth-order valence-corrected chi connectivity index (χ4v) is 2.78. The smallest absolute Gasteiger partial charge is 0.255 e. The molecule has 3 nitrogen and oxygen atoms in total. The van der Waals surface area contributed by atoms with Crippen LogP contribution in [0.3, 0.4) is 0 Å². The van der Waals surface area contributed by atoms with Gasteiger partial charge in [-0.2, -0.15) is 0 Å². The van der Waals surface area contributed by atoms with Crippen LogP contribution in [-0.2, 0) is 0 Å². The van der Waals surface area contributed by atoms with Gasteiger partial charge >= 0.3 is 0 Å². The van der Waals surface area contributed by atoms with Gasteiger partial charge in [-0.1, -0.05) is 15.9 Å². The molecule has 1 amide bonds. The minimum Gasteiger partial charge on any atom is -0.508 e. The van der Waals surface area contributed by atoms with Gasteiger partial charge in [0.05, 0.1) is 0 Å². The number of hydrogen-bond donors (Lipinski definition) is 2. The summed E-state index contributed by atoms with van der Waals surface area (Å²) in [5.41, 5.74) is 4.04. The van der Waals surface area contributed by atoms with Crippen LogP contribution in [0, 0.1) is 20.8 Å². The first-order chi connectivity index (χ1) is 9.38. The molecule has 0 unspecified atom stereocenters. The van der Waals surface area contributed by atoms with Crippen molar-refractivity contribution >= 4 is 27.5 Å². The van der Waals surface area contributed by atoms with E-state index in [1.807, 2.05) is 26.0 Å². The van der Waals surface area contributed by atoms with Gasteiger partial charge in [-0.05, 0) is 67.8 Å². The van der Waals surface area contributed by atoms with Crippen LogP contribution >= 0.6 is 15.9 Å². The Kier molecular flexibility index (Phi) is 4.14. The van der Waals surface area contributed by atoms with E-state index in [9.17, 15) is 9.90 Å². The number of hydrogen-bond acceptors (Lipinski definition) is 2. The quantitative estimate of drug-likeness (QED) is 0.859. The largest absolute Gasteiger partial charge is 0.508 e. The number of phenols is 1. The molecular weight excluding hydrogens is 318 g/mol. The molecule has 20 heavy (non-hydrogen) atoms. The number of aryl methyl sites for hydroxylation is 3. The van der Waals surface area contributed by atoms with Gasteiger partial charge in [-0.25, -0.2) is 0 Å². The summed E-state index contributed by atoms with van der Waals surface area (Å²) in [5.74, 6) is 0.0131. The summed E-state index contributed by atoms with van der Waals surface area (Å²) in [6.45, 7) is 5.67. The zero-order valence-electron chi connectivity index (χ0n) is 11.6. The number of phenolic OH excluding ortho intramolecular Hbond substituents is 1. The maximum atomic E-state index is 12.3. The SMILES string of the molecule is Cc1cc(C(=O)Nc2c(C)cc(Br)cc2C)ccc1O. The number of amides is 1. The molecule has 0 atom stereocenters.